The van der Waals surface area contributed by atoms with E-state index in [1.165, 1.54) is 0 Å². The van der Waals surface area contributed by atoms with Crippen LogP contribution in [-0.2, 0) is 50.4 Å². The van der Waals surface area contributed by atoms with Crippen LogP contribution in [0, 0.1) is 35.4 Å². The van der Waals surface area contributed by atoms with Crippen LogP contribution >= 0.6 is 0 Å². The molecule has 0 atom stereocenters. The maximum atomic E-state index is 13.2. The molecule has 0 radical (unpaired) electrons. The van der Waals surface area contributed by atoms with E-state index in [1.807, 2.05) is 0 Å². The van der Waals surface area contributed by atoms with Crippen LogP contribution in [0.2, 0.25) is 0 Å². The Morgan fingerprint density at radius 3 is 1.24 bits per heavy atom. The molecule has 38 heavy (non-hydrogen) atoms. The summed E-state index contributed by atoms with van der Waals surface area (Å²) in [5, 5.41) is 14.8. The van der Waals surface area contributed by atoms with Crippen LogP contribution in [0.3, 0.4) is 0 Å². The Hall–Kier alpha value is -3.28. The molecule has 2 aromatic carbocycles. The fourth-order valence-corrected chi connectivity index (χ4v) is 2.30. The van der Waals surface area contributed by atoms with Gasteiger partial charge in [0.2, 0.25) is 0 Å². The van der Waals surface area contributed by atoms with Crippen molar-refractivity contribution in [3.8, 4) is 22.5 Å². The molecule has 0 amide bonds. The van der Waals surface area contributed by atoms with Crippen LogP contribution < -0.4 is 0 Å². The molecule has 208 valence electrons. The van der Waals surface area contributed by atoms with E-state index in [0.29, 0.717) is 11.4 Å². The molecule has 0 fully saturated rings. The molecule has 0 spiro atoms. The summed E-state index contributed by atoms with van der Waals surface area (Å²) < 4.78 is 51.6. The Balaban J connectivity index is 0. The molecule has 0 saturated heterocycles. The van der Waals surface area contributed by atoms with Crippen LogP contribution in [0.4, 0.5) is 17.6 Å². The Morgan fingerprint density at radius 2 is 1.00 bits per heavy atom. The van der Waals surface area contributed by atoms with E-state index in [2.05, 4.69) is 22.1 Å². The van der Waals surface area contributed by atoms with Gasteiger partial charge in [0.15, 0.2) is 0 Å². The van der Waals surface area contributed by atoms with Gasteiger partial charge in [-0.1, -0.05) is 47.5 Å². The molecule has 12 heteroatoms. The van der Waals surface area contributed by atoms with E-state index in [-0.39, 0.29) is 52.0 Å². The molecule has 2 heterocycles. The molecule has 0 aliphatic rings. The van der Waals surface area contributed by atoms with E-state index in [1.54, 1.807) is 48.8 Å². The van der Waals surface area contributed by atoms with E-state index >= 15 is 0 Å². The molecule has 4 rings (SSSR count). The first-order chi connectivity index (χ1) is 17.0. The van der Waals surface area contributed by atoms with E-state index in [9.17, 15) is 17.6 Å². The number of pyridine rings is 2. The van der Waals surface area contributed by atoms with E-state index < -0.39 is 35.2 Å². The van der Waals surface area contributed by atoms with Crippen molar-refractivity contribution in [2.45, 2.75) is 13.8 Å². The SMILES string of the molecule is CC(=O)O.CC(=O)O.Fc1c[c-]c(-c2ccccn2)c(F)c1.Fc1c[c-]c(-c2ccccn2)c(F)c1.[Pd].[Pd]. The molecule has 2 N–H and O–H groups in total. The maximum Gasteiger partial charge on any atom is 0.300 e. The zero-order valence-electron chi connectivity index (χ0n) is 19.7. The van der Waals surface area contributed by atoms with Gasteiger partial charge in [-0.25, -0.2) is 0 Å². The zero-order valence-corrected chi connectivity index (χ0v) is 22.8. The summed E-state index contributed by atoms with van der Waals surface area (Å²) in [6.45, 7) is 2.17. The fourth-order valence-electron chi connectivity index (χ4n) is 2.30. The van der Waals surface area contributed by atoms with E-state index in [0.717, 1.165) is 38.1 Å². The third kappa shape index (κ3) is 15.1. The molecule has 6 nitrogen and oxygen atoms in total. The fraction of sp³-hybridized carbons (Fsp3) is 0.0769. The second kappa shape index (κ2) is 19.8. The molecular weight excluding hydrogens is 693 g/mol. The number of rotatable bonds is 2. The topological polar surface area (TPSA) is 100 Å². The van der Waals surface area contributed by atoms with Gasteiger partial charge in [-0.15, -0.1) is 24.3 Å². The number of aliphatic carboxylic acids is 2. The zero-order chi connectivity index (χ0) is 27.1. The Kier molecular flexibility index (Phi) is 19.2. The number of benzene rings is 2. The monoisotopic (exact) mass is 712 g/mol. The average molecular weight is 713 g/mol. The van der Waals surface area contributed by atoms with Gasteiger partial charge in [0, 0.05) is 90.4 Å². The minimum Gasteiger partial charge on any atom is -0.481 e. The molecule has 2 aromatic heterocycles. The minimum atomic E-state index is -0.833. The number of aromatic nitrogens is 2. The number of halogens is 4. The van der Waals surface area contributed by atoms with Gasteiger partial charge in [0.25, 0.3) is 11.9 Å². The van der Waals surface area contributed by atoms with Crippen LogP contribution in [0.5, 0.6) is 0 Å². The number of carboxylic acids is 2. The molecule has 0 aliphatic carbocycles. The van der Waals surface area contributed by atoms with Crippen molar-refractivity contribution in [3.63, 3.8) is 0 Å². The summed E-state index contributed by atoms with van der Waals surface area (Å²) in [5.74, 6) is -4.24. The van der Waals surface area contributed by atoms with Crippen molar-refractivity contribution in [2.75, 3.05) is 0 Å². The third-order valence-electron chi connectivity index (χ3n) is 3.56. The Labute approximate surface area is 244 Å². The number of carboxylic acid groups (broad SMARTS) is 2. The third-order valence-corrected chi connectivity index (χ3v) is 3.56. The van der Waals surface area contributed by atoms with Crippen molar-refractivity contribution in [2.24, 2.45) is 0 Å². The second-order valence-corrected chi connectivity index (χ2v) is 6.55. The number of carbonyl (C=O) groups is 2. The maximum absolute atomic E-state index is 13.2. The minimum absolute atomic E-state index is 0. The second-order valence-electron chi connectivity index (χ2n) is 6.55. The van der Waals surface area contributed by atoms with Crippen LogP contribution in [0.15, 0.2) is 73.1 Å². The number of hydrogen-bond acceptors (Lipinski definition) is 4. The largest absolute Gasteiger partial charge is 0.481 e. The normalized spacial score (nSPS) is 8.79. The summed E-state index contributed by atoms with van der Waals surface area (Å²) in [4.78, 5) is 25.9. The molecule has 0 unspecified atom stereocenters. The van der Waals surface area contributed by atoms with Crippen molar-refractivity contribution >= 4 is 11.9 Å². The first-order valence-corrected chi connectivity index (χ1v) is 9.96. The van der Waals surface area contributed by atoms with Crippen molar-refractivity contribution < 1.29 is 78.2 Å². The van der Waals surface area contributed by atoms with E-state index in [4.69, 9.17) is 19.8 Å². The van der Waals surface area contributed by atoms with Gasteiger partial charge in [0.1, 0.15) is 0 Å². The van der Waals surface area contributed by atoms with Crippen molar-refractivity contribution in [1.29, 1.82) is 0 Å². The molecule has 0 bridgehead atoms. The summed E-state index contributed by atoms with van der Waals surface area (Å²) in [7, 11) is 0. The van der Waals surface area contributed by atoms with Gasteiger partial charge in [-0.3, -0.25) is 27.2 Å². The van der Waals surface area contributed by atoms with Crippen molar-refractivity contribution in [3.05, 3.63) is 108 Å². The molecule has 0 saturated carbocycles. The number of nitrogens with zero attached hydrogens (tertiary/aromatic N) is 2. The average Bonchev–Trinajstić information content (AvgIpc) is 2.80. The van der Waals surface area contributed by atoms with Crippen LogP contribution in [0.25, 0.3) is 22.5 Å². The Bertz CT molecular complexity index is 1160. The quantitative estimate of drug-likeness (QED) is 0.154. The standard InChI is InChI=1S/2C11H6F2N.2C2H4O2.2Pd/c2*12-8-4-5-9(10(13)7-8)11-3-1-2-6-14-11;2*1-2(3)4;;/h2*1-4,6-7H;2*1H3,(H,3,4);;/q2*-1;;;;. The van der Waals surface area contributed by atoms with Gasteiger partial charge >= 0.3 is 0 Å². The van der Waals surface area contributed by atoms with Gasteiger partial charge in [-0.05, 0) is 23.5 Å². The summed E-state index contributed by atoms with van der Waals surface area (Å²) in [6, 6.07) is 19.1. The first-order valence-electron chi connectivity index (χ1n) is 9.96. The van der Waals surface area contributed by atoms with Gasteiger partial charge in [0.05, 0.1) is 0 Å². The van der Waals surface area contributed by atoms with Crippen LogP contribution in [0.1, 0.15) is 13.8 Å². The van der Waals surface area contributed by atoms with Crippen molar-refractivity contribution in [1.82, 2.24) is 9.97 Å². The van der Waals surface area contributed by atoms with Crippen LogP contribution in [-0.4, -0.2) is 32.1 Å². The predicted octanol–water partition coefficient (Wildman–Crippen LogP) is 5.83. The molecule has 0 aliphatic heterocycles. The molecule has 4 aromatic rings. The van der Waals surface area contributed by atoms with Gasteiger partial charge < -0.3 is 20.2 Å². The number of hydrogen-bond donors (Lipinski definition) is 2. The Morgan fingerprint density at radius 1 is 0.684 bits per heavy atom. The summed E-state index contributed by atoms with van der Waals surface area (Å²) >= 11 is 0. The summed E-state index contributed by atoms with van der Waals surface area (Å²) in [5.41, 5.74) is 1.27. The van der Waals surface area contributed by atoms with Gasteiger partial charge in [-0.2, -0.15) is 0 Å². The first kappa shape index (κ1) is 36.9. The predicted molar refractivity (Wildman–Crippen MR) is 123 cm³/mol. The summed E-state index contributed by atoms with van der Waals surface area (Å²) in [6.07, 6.45) is 3.10. The smallest absolute Gasteiger partial charge is 0.300 e. The molecular formula is C26H20F4N2O4Pd2-2.